The van der Waals surface area contributed by atoms with E-state index in [0.29, 0.717) is 13.0 Å². The van der Waals surface area contributed by atoms with E-state index in [1.165, 1.54) is 5.01 Å². The van der Waals surface area contributed by atoms with Crippen LogP contribution in [0.4, 0.5) is 0 Å². The number of benzene rings is 1. The fourth-order valence-corrected chi connectivity index (χ4v) is 3.14. The van der Waals surface area contributed by atoms with Crippen LogP contribution in [0.25, 0.3) is 0 Å². The standard InChI is InChI=1S/C20H30N4O4/c1-13(2)17(21)19(26)24-16(10-6-7-11-22-24)18(25)23-15(20(27)28)12-14-8-4-3-5-9-14/h3-5,8-9,13,15-17,22H,6-7,10-12,21H2,1-2H3,(H,23,25)(H,27,28)/t15-,16+,17-/m0/s1. The average Bonchev–Trinajstić information content (AvgIpc) is 2.93. The zero-order chi connectivity index (χ0) is 20.7. The highest BCUT2D eigenvalue weighted by Crippen LogP contribution is 2.15. The molecule has 28 heavy (non-hydrogen) atoms. The molecule has 0 aliphatic carbocycles. The van der Waals surface area contributed by atoms with Crippen LogP contribution in [0.1, 0.15) is 38.7 Å². The Morgan fingerprint density at radius 2 is 1.93 bits per heavy atom. The minimum atomic E-state index is -1.12. The van der Waals surface area contributed by atoms with E-state index in [4.69, 9.17) is 5.73 Å². The third-order valence-electron chi connectivity index (χ3n) is 4.94. The molecule has 2 amide bonds. The predicted molar refractivity (Wildman–Crippen MR) is 105 cm³/mol. The number of carbonyl (C=O) groups excluding carboxylic acids is 2. The zero-order valence-electron chi connectivity index (χ0n) is 16.4. The molecule has 0 bridgehead atoms. The fourth-order valence-electron chi connectivity index (χ4n) is 3.14. The summed E-state index contributed by atoms with van der Waals surface area (Å²) < 4.78 is 0. The molecule has 2 rings (SSSR count). The van der Waals surface area contributed by atoms with Crippen LogP contribution >= 0.6 is 0 Å². The third kappa shape index (κ3) is 5.77. The summed E-state index contributed by atoms with van der Waals surface area (Å²) in [4.78, 5) is 37.3. The molecular formula is C20H30N4O4. The minimum absolute atomic E-state index is 0.0777. The predicted octanol–water partition coefficient (Wildman–Crippen LogP) is 0.668. The van der Waals surface area contributed by atoms with Gasteiger partial charge in [-0.25, -0.2) is 10.2 Å². The summed E-state index contributed by atoms with van der Waals surface area (Å²) in [6.07, 6.45) is 2.19. The molecule has 154 valence electrons. The summed E-state index contributed by atoms with van der Waals surface area (Å²) in [5.41, 5.74) is 9.80. The van der Waals surface area contributed by atoms with Gasteiger partial charge in [-0.3, -0.25) is 14.6 Å². The Bertz CT molecular complexity index is 680. The van der Waals surface area contributed by atoms with Crippen LogP contribution in [0.2, 0.25) is 0 Å². The van der Waals surface area contributed by atoms with E-state index in [9.17, 15) is 19.5 Å². The zero-order valence-corrected chi connectivity index (χ0v) is 16.4. The molecule has 0 spiro atoms. The lowest BCUT2D eigenvalue weighted by Crippen LogP contribution is -2.61. The lowest BCUT2D eigenvalue weighted by Gasteiger charge is -2.32. The Balaban J connectivity index is 2.14. The Morgan fingerprint density at radius 3 is 2.54 bits per heavy atom. The molecule has 3 atom stereocenters. The van der Waals surface area contributed by atoms with Crippen molar-refractivity contribution in [1.82, 2.24) is 15.8 Å². The highest BCUT2D eigenvalue weighted by Gasteiger charge is 2.36. The first kappa shape index (κ1) is 21.8. The van der Waals surface area contributed by atoms with Gasteiger partial charge in [0.2, 0.25) is 5.91 Å². The van der Waals surface area contributed by atoms with Crippen molar-refractivity contribution < 1.29 is 19.5 Å². The second-order valence-corrected chi connectivity index (χ2v) is 7.49. The molecule has 1 heterocycles. The van der Waals surface area contributed by atoms with E-state index >= 15 is 0 Å². The Kier molecular flexibility index (Phi) is 7.95. The number of hydrogen-bond acceptors (Lipinski definition) is 5. The van der Waals surface area contributed by atoms with Crippen molar-refractivity contribution in [1.29, 1.82) is 0 Å². The Morgan fingerprint density at radius 1 is 1.25 bits per heavy atom. The molecule has 5 N–H and O–H groups in total. The van der Waals surface area contributed by atoms with E-state index in [-0.39, 0.29) is 18.2 Å². The van der Waals surface area contributed by atoms with Gasteiger partial charge in [0.15, 0.2) is 0 Å². The highest BCUT2D eigenvalue weighted by atomic mass is 16.4. The van der Waals surface area contributed by atoms with Gasteiger partial charge in [-0.05, 0) is 30.7 Å². The number of carbonyl (C=O) groups is 3. The van der Waals surface area contributed by atoms with Gasteiger partial charge >= 0.3 is 5.97 Å². The first-order valence-electron chi connectivity index (χ1n) is 9.70. The van der Waals surface area contributed by atoms with Crippen LogP contribution in [-0.2, 0) is 20.8 Å². The van der Waals surface area contributed by atoms with Gasteiger partial charge in [0.1, 0.15) is 12.1 Å². The van der Waals surface area contributed by atoms with E-state index < -0.39 is 30.0 Å². The van der Waals surface area contributed by atoms with Crippen molar-refractivity contribution in [3.05, 3.63) is 35.9 Å². The average molecular weight is 390 g/mol. The topological polar surface area (TPSA) is 125 Å². The molecule has 1 aromatic rings. The van der Waals surface area contributed by atoms with Gasteiger partial charge in [0.05, 0.1) is 6.04 Å². The summed E-state index contributed by atoms with van der Waals surface area (Å²) in [5, 5.41) is 13.4. The van der Waals surface area contributed by atoms with Crippen molar-refractivity contribution in [2.24, 2.45) is 11.7 Å². The van der Waals surface area contributed by atoms with Gasteiger partial charge < -0.3 is 16.2 Å². The number of rotatable bonds is 7. The van der Waals surface area contributed by atoms with Crippen molar-refractivity contribution in [3.63, 3.8) is 0 Å². The Hall–Kier alpha value is -2.45. The van der Waals surface area contributed by atoms with Crippen LogP contribution < -0.4 is 16.5 Å². The van der Waals surface area contributed by atoms with Crippen molar-refractivity contribution in [2.45, 2.75) is 57.7 Å². The molecule has 0 unspecified atom stereocenters. The molecule has 8 nitrogen and oxygen atoms in total. The lowest BCUT2D eigenvalue weighted by molar-refractivity contribution is -0.148. The van der Waals surface area contributed by atoms with Crippen LogP contribution in [0, 0.1) is 5.92 Å². The lowest BCUT2D eigenvalue weighted by atomic mass is 10.0. The first-order valence-corrected chi connectivity index (χ1v) is 9.70. The van der Waals surface area contributed by atoms with Crippen molar-refractivity contribution in [2.75, 3.05) is 6.54 Å². The summed E-state index contributed by atoms with van der Waals surface area (Å²) in [5.74, 6) is -2.03. The monoisotopic (exact) mass is 390 g/mol. The number of nitrogens with one attached hydrogen (secondary N) is 2. The SMILES string of the molecule is CC(C)[C@H](N)C(=O)N1NCCCC[C@@H]1C(=O)N[C@@H](Cc1ccccc1)C(=O)O. The van der Waals surface area contributed by atoms with Crippen LogP contribution in [-0.4, -0.2) is 52.6 Å². The molecule has 1 aliphatic rings. The maximum Gasteiger partial charge on any atom is 0.326 e. The van der Waals surface area contributed by atoms with Crippen LogP contribution in [0.3, 0.4) is 0 Å². The quantitative estimate of drug-likeness (QED) is 0.542. The number of carboxylic acid groups (broad SMARTS) is 1. The molecule has 0 radical (unpaired) electrons. The summed E-state index contributed by atoms with van der Waals surface area (Å²) in [6, 6.07) is 6.50. The summed E-state index contributed by atoms with van der Waals surface area (Å²) in [6.45, 7) is 4.25. The highest BCUT2D eigenvalue weighted by molar-refractivity contribution is 5.91. The van der Waals surface area contributed by atoms with Gasteiger partial charge in [0.25, 0.3) is 5.91 Å². The summed E-state index contributed by atoms with van der Waals surface area (Å²) >= 11 is 0. The molecule has 1 aliphatic heterocycles. The van der Waals surface area contributed by atoms with Crippen LogP contribution in [0.5, 0.6) is 0 Å². The second kappa shape index (κ2) is 10.2. The molecule has 1 saturated heterocycles. The maximum atomic E-state index is 12.9. The molecule has 1 fully saturated rings. The first-order chi connectivity index (χ1) is 13.3. The molecule has 0 saturated carbocycles. The molecule has 8 heteroatoms. The fraction of sp³-hybridized carbons (Fsp3) is 0.550. The molecule has 1 aromatic carbocycles. The maximum absolute atomic E-state index is 12.9. The number of aliphatic carboxylic acids is 1. The number of carboxylic acids is 1. The number of nitrogens with two attached hydrogens (primary N) is 1. The van der Waals surface area contributed by atoms with E-state index in [1.807, 2.05) is 44.2 Å². The molecule has 0 aromatic heterocycles. The number of amides is 2. The van der Waals surface area contributed by atoms with E-state index in [2.05, 4.69) is 10.7 Å². The largest absolute Gasteiger partial charge is 0.480 e. The van der Waals surface area contributed by atoms with Gasteiger partial charge in [-0.2, -0.15) is 0 Å². The number of hydrogen-bond donors (Lipinski definition) is 4. The number of hydrazine groups is 1. The van der Waals surface area contributed by atoms with Gasteiger partial charge in [-0.1, -0.05) is 44.2 Å². The normalized spacial score (nSPS) is 19.6. The number of nitrogens with zero attached hydrogens (tertiary/aromatic N) is 1. The summed E-state index contributed by atoms with van der Waals surface area (Å²) in [7, 11) is 0. The molecular weight excluding hydrogens is 360 g/mol. The van der Waals surface area contributed by atoms with Crippen LogP contribution in [0.15, 0.2) is 30.3 Å². The van der Waals surface area contributed by atoms with E-state index in [1.54, 1.807) is 0 Å². The smallest absolute Gasteiger partial charge is 0.326 e. The minimum Gasteiger partial charge on any atom is -0.480 e. The van der Waals surface area contributed by atoms with Crippen molar-refractivity contribution >= 4 is 17.8 Å². The second-order valence-electron chi connectivity index (χ2n) is 7.49. The Labute approximate surface area is 165 Å². The third-order valence-corrected chi connectivity index (χ3v) is 4.94. The van der Waals surface area contributed by atoms with Crippen molar-refractivity contribution in [3.8, 4) is 0 Å². The van der Waals surface area contributed by atoms with Gasteiger partial charge in [0, 0.05) is 13.0 Å². The van der Waals surface area contributed by atoms with Gasteiger partial charge in [-0.15, -0.1) is 0 Å². The van der Waals surface area contributed by atoms with E-state index in [0.717, 1.165) is 18.4 Å².